The van der Waals surface area contributed by atoms with Gasteiger partial charge in [0.25, 0.3) is 0 Å². The van der Waals surface area contributed by atoms with E-state index in [0.717, 1.165) is 4.90 Å². The summed E-state index contributed by atoms with van der Waals surface area (Å²) in [4.78, 5) is 15.6. The van der Waals surface area contributed by atoms with Gasteiger partial charge in [-0.1, -0.05) is 57.2 Å². The molecule has 0 aliphatic carbocycles. The van der Waals surface area contributed by atoms with E-state index in [0.29, 0.717) is 5.56 Å². The lowest BCUT2D eigenvalue weighted by Crippen LogP contribution is -2.12. The first kappa shape index (κ1) is 19.2. The lowest BCUT2D eigenvalue weighted by molar-refractivity contribution is 0.0600. The minimum atomic E-state index is -0.309. The Hall–Kier alpha value is -2.52. The van der Waals surface area contributed by atoms with Gasteiger partial charge in [-0.25, -0.2) is 4.79 Å². The monoisotopic (exact) mass is 377 g/mol. The maximum atomic E-state index is 12.0. The lowest BCUT2D eigenvalue weighted by Gasteiger charge is -2.19. The van der Waals surface area contributed by atoms with E-state index in [2.05, 4.69) is 75.4 Å². The minimum Gasteiger partial charge on any atom is -0.465 e. The molecule has 3 aromatic carbocycles. The third-order valence-electron chi connectivity index (χ3n) is 4.43. The van der Waals surface area contributed by atoms with Gasteiger partial charge in [-0.3, -0.25) is 0 Å². The molecular weight excluding hydrogens is 352 g/mol. The van der Waals surface area contributed by atoms with Crippen LogP contribution in [0.3, 0.4) is 0 Å². The molecular formula is C24H25O2S+. The van der Waals surface area contributed by atoms with Crippen LogP contribution in [0.25, 0.3) is 0 Å². The van der Waals surface area contributed by atoms with Crippen LogP contribution in [0.2, 0.25) is 0 Å². The van der Waals surface area contributed by atoms with Crippen LogP contribution in [-0.4, -0.2) is 13.1 Å². The first-order chi connectivity index (χ1) is 12.9. The third kappa shape index (κ3) is 4.42. The molecule has 0 N–H and O–H groups in total. The first-order valence-corrected chi connectivity index (χ1v) is 10.2. The molecule has 3 heteroatoms. The Balaban J connectivity index is 2.09. The summed E-state index contributed by atoms with van der Waals surface area (Å²) in [6.07, 6.45) is 0. The predicted octanol–water partition coefficient (Wildman–Crippen LogP) is 5.87. The molecule has 0 heterocycles. The fourth-order valence-electron chi connectivity index (χ4n) is 2.92. The van der Waals surface area contributed by atoms with Crippen LogP contribution in [-0.2, 0) is 21.0 Å². The maximum absolute atomic E-state index is 12.0. The Kier molecular flexibility index (Phi) is 5.71. The highest BCUT2D eigenvalue weighted by Crippen LogP contribution is 2.33. The Bertz CT molecular complexity index is 909. The van der Waals surface area contributed by atoms with Gasteiger partial charge in [-0.05, 0) is 47.4 Å². The van der Waals surface area contributed by atoms with Gasteiger partial charge in [-0.2, -0.15) is 0 Å². The van der Waals surface area contributed by atoms with Crippen LogP contribution in [0.5, 0.6) is 0 Å². The van der Waals surface area contributed by atoms with E-state index in [1.807, 2.05) is 18.2 Å². The lowest BCUT2D eigenvalue weighted by atomic mass is 9.87. The smallest absolute Gasteiger partial charge is 0.338 e. The van der Waals surface area contributed by atoms with E-state index in [1.54, 1.807) is 6.07 Å². The third-order valence-corrected chi connectivity index (χ3v) is 6.64. The second-order valence-electron chi connectivity index (χ2n) is 7.41. The van der Waals surface area contributed by atoms with E-state index < -0.39 is 0 Å². The minimum absolute atomic E-state index is 0.120. The topological polar surface area (TPSA) is 26.3 Å². The van der Waals surface area contributed by atoms with Crippen molar-refractivity contribution in [2.24, 2.45) is 0 Å². The molecule has 138 valence electrons. The SMILES string of the molecule is COC(=O)c1cccc([S+](c2ccccc2)c2ccc(C(C)(C)C)cc2)c1. The summed E-state index contributed by atoms with van der Waals surface area (Å²) in [5, 5.41) is 0. The average Bonchev–Trinajstić information content (AvgIpc) is 2.68. The largest absolute Gasteiger partial charge is 0.465 e. The van der Waals surface area contributed by atoms with Crippen molar-refractivity contribution < 1.29 is 9.53 Å². The fourth-order valence-corrected chi connectivity index (χ4v) is 5.04. The number of carbonyl (C=O) groups is 1. The fraction of sp³-hybridized carbons (Fsp3) is 0.208. The van der Waals surface area contributed by atoms with Crippen molar-refractivity contribution in [3.05, 3.63) is 90.0 Å². The molecule has 0 bridgehead atoms. The van der Waals surface area contributed by atoms with Gasteiger partial charge in [0.1, 0.15) is 0 Å². The van der Waals surface area contributed by atoms with Crippen molar-refractivity contribution in [3.8, 4) is 0 Å². The number of carbonyl (C=O) groups excluding carboxylic acids is 1. The zero-order chi connectivity index (χ0) is 19.4. The summed E-state index contributed by atoms with van der Waals surface area (Å²) in [5.41, 5.74) is 2.01. The molecule has 27 heavy (non-hydrogen) atoms. The van der Waals surface area contributed by atoms with Crippen molar-refractivity contribution in [2.45, 2.75) is 40.9 Å². The quantitative estimate of drug-likeness (QED) is 0.420. The Morgan fingerprint density at radius 3 is 1.96 bits per heavy atom. The van der Waals surface area contributed by atoms with Gasteiger partial charge in [0.2, 0.25) is 0 Å². The zero-order valence-corrected chi connectivity index (χ0v) is 17.0. The van der Waals surface area contributed by atoms with Gasteiger partial charge in [-0.15, -0.1) is 0 Å². The molecule has 0 saturated heterocycles. The summed E-state index contributed by atoms with van der Waals surface area (Å²) < 4.78 is 4.90. The van der Waals surface area contributed by atoms with Gasteiger partial charge >= 0.3 is 5.97 Å². The van der Waals surface area contributed by atoms with Gasteiger partial charge in [0, 0.05) is 6.07 Å². The predicted molar refractivity (Wildman–Crippen MR) is 112 cm³/mol. The van der Waals surface area contributed by atoms with E-state index >= 15 is 0 Å². The Morgan fingerprint density at radius 1 is 0.778 bits per heavy atom. The highest BCUT2D eigenvalue weighted by Gasteiger charge is 2.29. The summed E-state index contributed by atoms with van der Waals surface area (Å²) >= 11 is 0. The molecule has 0 spiro atoms. The molecule has 3 aromatic rings. The molecule has 1 unspecified atom stereocenters. The summed E-state index contributed by atoms with van der Waals surface area (Å²) in [6.45, 7) is 6.66. The Labute approximate surface area is 164 Å². The highest BCUT2D eigenvalue weighted by molar-refractivity contribution is 7.97. The summed E-state index contributed by atoms with van der Waals surface area (Å²) in [5.74, 6) is -0.309. The van der Waals surface area contributed by atoms with Crippen LogP contribution in [0, 0.1) is 0 Å². The number of benzene rings is 3. The van der Waals surface area contributed by atoms with E-state index in [9.17, 15) is 4.79 Å². The average molecular weight is 378 g/mol. The van der Waals surface area contributed by atoms with Crippen LogP contribution >= 0.6 is 0 Å². The van der Waals surface area contributed by atoms with Gasteiger partial charge < -0.3 is 4.74 Å². The maximum Gasteiger partial charge on any atom is 0.338 e. The van der Waals surface area contributed by atoms with Crippen LogP contribution < -0.4 is 0 Å². The van der Waals surface area contributed by atoms with Crippen LogP contribution in [0.4, 0.5) is 0 Å². The normalized spacial score (nSPS) is 12.4. The first-order valence-electron chi connectivity index (χ1n) is 8.98. The number of rotatable bonds is 4. The number of methoxy groups -OCH3 is 1. The van der Waals surface area contributed by atoms with E-state index in [-0.39, 0.29) is 22.3 Å². The van der Waals surface area contributed by atoms with Crippen LogP contribution in [0.15, 0.2) is 93.5 Å². The van der Waals surface area contributed by atoms with Gasteiger partial charge in [0.15, 0.2) is 14.7 Å². The molecule has 0 fully saturated rings. The molecule has 1 atom stereocenters. The van der Waals surface area contributed by atoms with Crippen molar-refractivity contribution in [2.75, 3.05) is 7.11 Å². The molecule has 0 aliphatic rings. The number of hydrogen-bond acceptors (Lipinski definition) is 2. The highest BCUT2D eigenvalue weighted by atomic mass is 32.2. The zero-order valence-electron chi connectivity index (χ0n) is 16.2. The van der Waals surface area contributed by atoms with Crippen LogP contribution in [0.1, 0.15) is 36.7 Å². The second-order valence-corrected chi connectivity index (χ2v) is 9.44. The Morgan fingerprint density at radius 2 is 1.37 bits per heavy atom. The summed E-state index contributed by atoms with van der Waals surface area (Å²) in [6, 6.07) is 27.0. The van der Waals surface area contributed by atoms with Crippen molar-refractivity contribution in [1.82, 2.24) is 0 Å². The number of hydrogen-bond donors (Lipinski definition) is 0. The van der Waals surface area contributed by atoms with Crippen molar-refractivity contribution >= 4 is 16.9 Å². The second kappa shape index (κ2) is 8.01. The van der Waals surface area contributed by atoms with Crippen molar-refractivity contribution in [3.63, 3.8) is 0 Å². The van der Waals surface area contributed by atoms with Gasteiger partial charge in [0.05, 0.1) is 23.6 Å². The molecule has 0 aromatic heterocycles. The summed E-state index contributed by atoms with van der Waals surface area (Å²) in [7, 11) is 1.13. The molecule has 0 amide bonds. The molecule has 0 aliphatic heterocycles. The number of ether oxygens (including phenoxy) is 1. The molecule has 2 nitrogen and oxygen atoms in total. The number of esters is 1. The van der Waals surface area contributed by atoms with E-state index in [4.69, 9.17) is 4.74 Å². The van der Waals surface area contributed by atoms with E-state index in [1.165, 1.54) is 22.5 Å². The molecule has 3 rings (SSSR count). The molecule has 0 saturated carbocycles. The molecule has 0 radical (unpaired) electrons. The standard InChI is InChI=1S/C24H25O2S/c1-24(2,3)19-13-15-21(16-14-19)27(20-10-6-5-7-11-20)22-12-8-9-18(17-22)23(25)26-4/h5-17H,1-4H3/q+1. The van der Waals surface area contributed by atoms with Crippen molar-refractivity contribution in [1.29, 1.82) is 0 Å².